The van der Waals surface area contributed by atoms with Crippen LogP contribution in [-0.2, 0) is 17.5 Å². The molecule has 0 unspecified atom stereocenters. The molecule has 1 N–H and O–H groups in total. The number of nitrogens with one attached hydrogen (secondary N) is 1. The summed E-state index contributed by atoms with van der Waals surface area (Å²) < 4.78 is 52.0. The van der Waals surface area contributed by atoms with Gasteiger partial charge in [-0.2, -0.15) is 13.2 Å². The predicted molar refractivity (Wildman–Crippen MR) is 94.0 cm³/mol. The molecule has 28 heavy (non-hydrogen) atoms. The van der Waals surface area contributed by atoms with Crippen molar-refractivity contribution in [1.29, 1.82) is 0 Å². The molecule has 0 saturated heterocycles. The van der Waals surface area contributed by atoms with Gasteiger partial charge >= 0.3 is 6.18 Å². The summed E-state index contributed by atoms with van der Waals surface area (Å²) >= 11 is 0. The van der Waals surface area contributed by atoms with Crippen LogP contribution in [-0.4, -0.2) is 15.5 Å². The molecule has 0 radical (unpaired) electrons. The summed E-state index contributed by atoms with van der Waals surface area (Å²) in [6, 6.07) is 10.6. The SMILES string of the molecule is O=C(Cn1cnc(-c2ccc(C(F)(F)F)cc2)cc1=O)Nc1cccc(F)c1. The van der Waals surface area contributed by atoms with Gasteiger partial charge in [-0.05, 0) is 30.3 Å². The van der Waals surface area contributed by atoms with E-state index in [9.17, 15) is 27.2 Å². The Morgan fingerprint density at radius 2 is 1.79 bits per heavy atom. The quantitative estimate of drug-likeness (QED) is 0.690. The number of anilines is 1. The number of carbonyl (C=O) groups excluding carboxylic acids is 1. The number of amides is 1. The van der Waals surface area contributed by atoms with Crippen molar-refractivity contribution in [3.05, 3.63) is 82.7 Å². The monoisotopic (exact) mass is 391 g/mol. The van der Waals surface area contributed by atoms with Gasteiger partial charge in [0, 0.05) is 17.3 Å². The van der Waals surface area contributed by atoms with Crippen LogP contribution in [0, 0.1) is 5.82 Å². The lowest BCUT2D eigenvalue weighted by molar-refractivity contribution is -0.137. The first kappa shape index (κ1) is 19.3. The van der Waals surface area contributed by atoms with Crippen LogP contribution in [0.15, 0.2) is 65.7 Å². The Labute approximate surface area is 156 Å². The largest absolute Gasteiger partial charge is 0.416 e. The molecule has 1 aromatic heterocycles. The fourth-order valence-electron chi connectivity index (χ4n) is 2.45. The number of alkyl halides is 3. The topological polar surface area (TPSA) is 64.0 Å². The van der Waals surface area contributed by atoms with Crippen LogP contribution in [0.4, 0.5) is 23.2 Å². The number of nitrogens with zero attached hydrogens (tertiary/aromatic N) is 2. The van der Waals surface area contributed by atoms with Gasteiger partial charge in [0.05, 0.1) is 17.6 Å². The van der Waals surface area contributed by atoms with E-state index in [1.54, 1.807) is 0 Å². The van der Waals surface area contributed by atoms with Gasteiger partial charge in [-0.1, -0.05) is 18.2 Å². The van der Waals surface area contributed by atoms with Crippen molar-refractivity contribution in [3.63, 3.8) is 0 Å². The van der Waals surface area contributed by atoms with Crippen molar-refractivity contribution < 1.29 is 22.4 Å². The summed E-state index contributed by atoms with van der Waals surface area (Å²) in [5.74, 6) is -1.07. The third-order valence-corrected chi connectivity index (χ3v) is 3.81. The van der Waals surface area contributed by atoms with Crippen LogP contribution in [0.25, 0.3) is 11.3 Å². The third kappa shape index (κ3) is 4.61. The van der Waals surface area contributed by atoms with E-state index >= 15 is 0 Å². The molecule has 1 amide bonds. The second-order valence-corrected chi connectivity index (χ2v) is 5.87. The van der Waals surface area contributed by atoms with Crippen molar-refractivity contribution in [3.8, 4) is 11.3 Å². The Morgan fingerprint density at radius 1 is 1.07 bits per heavy atom. The maximum absolute atomic E-state index is 13.1. The van der Waals surface area contributed by atoms with Gasteiger partial charge in [-0.25, -0.2) is 9.37 Å². The van der Waals surface area contributed by atoms with Crippen LogP contribution in [0.1, 0.15) is 5.56 Å². The summed E-state index contributed by atoms with van der Waals surface area (Å²) in [5, 5.41) is 2.45. The van der Waals surface area contributed by atoms with Crippen LogP contribution < -0.4 is 10.9 Å². The molecule has 144 valence electrons. The number of carbonyl (C=O) groups is 1. The highest BCUT2D eigenvalue weighted by molar-refractivity contribution is 5.90. The molecule has 0 aliphatic rings. The normalized spacial score (nSPS) is 11.3. The molecule has 3 rings (SSSR count). The molecule has 3 aromatic rings. The molecule has 2 aromatic carbocycles. The van der Waals surface area contributed by atoms with Crippen LogP contribution in [0.3, 0.4) is 0 Å². The fraction of sp³-hybridized carbons (Fsp3) is 0.105. The Bertz CT molecular complexity index is 1060. The van der Waals surface area contributed by atoms with E-state index in [-0.39, 0.29) is 17.9 Å². The summed E-state index contributed by atoms with van der Waals surface area (Å²) in [7, 11) is 0. The van der Waals surface area contributed by atoms with Crippen molar-refractivity contribution in [2.45, 2.75) is 12.7 Å². The number of benzene rings is 2. The average molecular weight is 391 g/mol. The molecule has 5 nitrogen and oxygen atoms in total. The van der Waals surface area contributed by atoms with Gasteiger partial charge in [-0.3, -0.25) is 14.2 Å². The molecule has 0 spiro atoms. The van der Waals surface area contributed by atoms with Gasteiger partial charge in [0.25, 0.3) is 5.56 Å². The van der Waals surface area contributed by atoms with Crippen molar-refractivity contribution in [2.75, 3.05) is 5.32 Å². The number of rotatable bonds is 4. The minimum Gasteiger partial charge on any atom is -0.324 e. The van der Waals surface area contributed by atoms with Crippen molar-refractivity contribution in [2.24, 2.45) is 0 Å². The van der Waals surface area contributed by atoms with E-state index in [4.69, 9.17) is 0 Å². The third-order valence-electron chi connectivity index (χ3n) is 3.81. The van der Waals surface area contributed by atoms with Crippen molar-refractivity contribution >= 4 is 11.6 Å². The van der Waals surface area contributed by atoms with Gasteiger partial charge in [0.1, 0.15) is 12.4 Å². The lowest BCUT2D eigenvalue weighted by Crippen LogP contribution is -2.27. The predicted octanol–water partition coefficient (Wildman–Crippen LogP) is 3.71. The first-order valence-corrected chi connectivity index (χ1v) is 8.02. The van der Waals surface area contributed by atoms with Crippen molar-refractivity contribution in [1.82, 2.24) is 9.55 Å². The lowest BCUT2D eigenvalue weighted by Gasteiger charge is -2.09. The number of hydrogen-bond donors (Lipinski definition) is 1. The molecule has 0 aliphatic carbocycles. The standard InChI is InChI=1S/C19H13F4N3O2/c20-14-2-1-3-15(8-14)25-17(27)10-26-11-24-16(9-18(26)28)12-4-6-13(7-5-12)19(21,22)23/h1-9,11H,10H2,(H,25,27). The molecule has 0 aliphatic heterocycles. The molecule has 0 saturated carbocycles. The maximum Gasteiger partial charge on any atom is 0.416 e. The summed E-state index contributed by atoms with van der Waals surface area (Å²) in [4.78, 5) is 28.2. The van der Waals surface area contributed by atoms with Crippen LogP contribution in [0.5, 0.6) is 0 Å². The minimum absolute atomic E-state index is 0.181. The highest BCUT2D eigenvalue weighted by Crippen LogP contribution is 2.30. The van der Waals surface area contributed by atoms with E-state index in [0.29, 0.717) is 5.56 Å². The molecule has 0 bridgehead atoms. The van der Waals surface area contributed by atoms with E-state index in [1.165, 1.54) is 30.3 Å². The van der Waals surface area contributed by atoms with Gasteiger partial charge in [0.15, 0.2) is 0 Å². The minimum atomic E-state index is -4.45. The summed E-state index contributed by atoms with van der Waals surface area (Å²) in [6.07, 6.45) is -3.33. The smallest absolute Gasteiger partial charge is 0.324 e. The Kier molecular flexibility index (Phi) is 5.25. The number of hydrogen-bond acceptors (Lipinski definition) is 3. The zero-order chi connectivity index (χ0) is 20.3. The molecule has 0 fully saturated rings. The van der Waals surface area contributed by atoms with E-state index in [1.807, 2.05) is 0 Å². The molecular formula is C19H13F4N3O2. The zero-order valence-corrected chi connectivity index (χ0v) is 14.2. The van der Waals surface area contributed by atoms with Gasteiger partial charge in [-0.15, -0.1) is 0 Å². The van der Waals surface area contributed by atoms with Crippen LogP contribution >= 0.6 is 0 Å². The second kappa shape index (κ2) is 7.63. The molecule has 9 heteroatoms. The molecular weight excluding hydrogens is 378 g/mol. The lowest BCUT2D eigenvalue weighted by atomic mass is 10.1. The molecule has 1 heterocycles. The first-order valence-electron chi connectivity index (χ1n) is 8.02. The highest BCUT2D eigenvalue weighted by Gasteiger charge is 2.30. The fourth-order valence-corrected chi connectivity index (χ4v) is 2.45. The second-order valence-electron chi connectivity index (χ2n) is 5.87. The summed E-state index contributed by atoms with van der Waals surface area (Å²) in [6.45, 7) is -0.352. The zero-order valence-electron chi connectivity index (χ0n) is 14.2. The van der Waals surface area contributed by atoms with E-state index < -0.39 is 29.0 Å². The molecule has 0 atom stereocenters. The number of halogens is 4. The maximum atomic E-state index is 13.1. The van der Waals surface area contributed by atoms with Gasteiger partial charge in [0.2, 0.25) is 5.91 Å². The Morgan fingerprint density at radius 3 is 2.39 bits per heavy atom. The van der Waals surface area contributed by atoms with E-state index in [2.05, 4.69) is 10.3 Å². The van der Waals surface area contributed by atoms with Gasteiger partial charge < -0.3 is 5.32 Å². The Hall–Kier alpha value is -3.49. The summed E-state index contributed by atoms with van der Waals surface area (Å²) in [5.41, 5.74) is -0.604. The van der Waals surface area contributed by atoms with E-state index in [0.717, 1.165) is 35.2 Å². The highest BCUT2D eigenvalue weighted by atomic mass is 19.4. The number of aromatic nitrogens is 2. The van der Waals surface area contributed by atoms with Crippen LogP contribution in [0.2, 0.25) is 0 Å². The average Bonchev–Trinajstić information content (AvgIpc) is 2.63. The first-order chi connectivity index (χ1) is 13.2. The Balaban J connectivity index is 1.73.